The Hall–Kier alpha value is -0.910. The maximum atomic E-state index is 11.8. The Bertz CT molecular complexity index is 404. The molecule has 5 heteroatoms. The fourth-order valence-electron chi connectivity index (χ4n) is 2.38. The molecule has 1 saturated heterocycles. The first kappa shape index (κ1) is 13.5. The molecule has 0 radical (unpaired) electrons. The molecule has 1 unspecified atom stereocenters. The average molecular weight is 267 g/mol. The van der Waals surface area contributed by atoms with Crippen molar-refractivity contribution in [3.8, 4) is 0 Å². The van der Waals surface area contributed by atoms with Crippen LogP contribution in [0.15, 0.2) is 17.5 Å². The van der Waals surface area contributed by atoms with Crippen molar-refractivity contribution in [1.29, 1.82) is 0 Å². The highest BCUT2D eigenvalue weighted by Gasteiger charge is 2.43. The third kappa shape index (κ3) is 2.74. The number of amides is 1. The summed E-state index contributed by atoms with van der Waals surface area (Å²) in [5.41, 5.74) is 5.05. The number of primary amides is 1. The SMILES string of the molecule is CC(C)N1CCC(NCc2cccs2)(C(N)=O)C1. The summed E-state index contributed by atoms with van der Waals surface area (Å²) in [6.45, 7) is 6.66. The molecule has 1 aromatic heterocycles. The van der Waals surface area contributed by atoms with Gasteiger partial charge in [0.15, 0.2) is 0 Å². The predicted molar refractivity (Wildman–Crippen MR) is 74.4 cm³/mol. The first-order valence-corrected chi connectivity index (χ1v) is 7.23. The maximum absolute atomic E-state index is 11.8. The van der Waals surface area contributed by atoms with Crippen molar-refractivity contribution in [1.82, 2.24) is 10.2 Å². The second-order valence-corrected chi connectivity index (χ2v) is 6.23. The van der Waals surface area contributed by atoms with E-state index in [-0.39, 0.29) is 5.91 Å². The van der Waals surface area contributed by atoms with Crippen LogP contribution >= 0.6 is 11.3 Å². The lowest BCUT2D eigenvalue weighted by molar-refractivity contribution is -0.124. The van der Waals surface area contributed by atoms with E-state index in [0.29, 0.717) is 19.1 Å². The van der Waals surface area contributed by atoms with Crippen LogP contribution in [0, 0.1) is 0 Å². The van der Waals surface area contributed by atoms with Gasteiger partial charge in [-0.15, -0.1) is 11.3 Å². The van der Waals surface area contributed by atoms with E-state index < -0.39 is 5.54 Å². The van der Waals surface area contributed by atoms with Gasteiger partial charge in [0.1, 0.15) is 5.54 Å². The molecule has 0 aliphatic carbocycles. The molecule has 18 heavy (non-hydrogen) atoms. The van der Waals surface area contributed by atoms with Crippen molar-refractivity contribution in [3.05, 3.63) is 22.4 Å². The van der Waals surface area contributed by atoms with Crippen molar-refractivity contribution in [2.45, 2.75) is 38.4 Å². The highest BCUT2D eigenvalue weighted by atomic mass is 32.1. The van der Waals surface area contributed by atoms with Gasteiger partial charge in [-0.25, -0.2) is 0 Å². The van der Waals surface area contributed by atoms with E-state index in [9.17, 15) is 4.79 Å². The van der Waals surface area contributed by atoms with Gasteiger partial charge in [0.05, 0.1) is 0 Å². The molecule has 0 aromatic carbocycles. The summed E-state index contributed by atoms with van der Waals surface area (Å²) in [5, 5.41) is 5.42. The number of hydrogen-bond acceptors (Lipinski definition) is 4. The molecular formula is C13H21N3OS. The Labute approximate surface area is 112 Å². The van der Waals surface area contributed by atoms with Gasteiger partial charge in [0, 0.05) is 30.6 Å². The summed E-state index contributed by atoms with van der Waals surface area (Å²) in [4.78, 5) is 15.3. The Kier molecular flexibility index (Phi) is 4.04. The smallest absolute Gasteiger partial charge is 0.239 e. The summed E-state index contributed by atoms with van der Waals surface area (Å²) >= 11 is 1.70. The molecule has 1 atom stereocenters. The van der Waals surface area contributed by atoms with Crippen LogP contribution in [0.4, 0.5) is 0 Å². The third-order valence-corrected chi connectivity index (χ3v) is 4.56. The zero-order valence-electron chi connectivity index (χ0n) is 11.0. The van der Waals surface area contributed by atoms with Crippen molar-refractivity contribution >= 4 is 17.2 Å². The number of nitrogens with two attached hydrogens (primary N) is 1. The number of hydrogen-bond donors (Lipinski definition) is 2. The van der Waals surface area contributed by atoms with E-state index in [1.807, 2.05) is 11.4 Å². The van der Waals surface area contributed by atoms with Crippen molar-refractivity contribution in [3.63, 3.8) is 0 Å². The molecule has 0 spiro atoms. The Morgan fingerprint density at radius 3 is 2.94 bits per heavy atom. The molecule has 3 N–H and O–H groups in total. The third-order valence-electron chi connectivity index (χ3n) is 3.68. The van der Waals surface area contributed by atoms with Crippen LogP contribution in [-0.4, -0.2) is 35.5 Å². The zero-order valence-corrected chi connectivity index (χ0v) is 11.8. The molecular weight excluding hydrogens is 246 g/mol. The van der Waals surface area contributed by atoms with Crippen LogP contribution in [0.2, 0.25) is 0 Å². The quantitative estimate of drug-likeness (QED) is 0.842. The second kappa shape index (κ2) is 5.38. The summed E-state index contributed by atoms with van der Waals surface area (Å²) in [6.07, 6.45) is 0.798. The number of thiophene rings is 1. The minimum atomic E-state index is -0.561. The van der Waals surface area contributed by atoms with Gasteiger partial charge in [-0.2, -0.15) is 0 Å². The van der Waals surface area contributed by atoms with E-state index >= 15 is 0 Å². The second-order valence-electron chi connectivity index (χ2n) is 5.19. The molecule has 100 valence electrons. The lowest BCUT2D eigenvalue weighted by Gasteiger charge is -2.28. The average Bonchev–Trinajstić information content (AvgIpc) is 2.97. The van der Waals surface area contributed by atoms with Gasteiger partial charge >= 0.3 is 0 Å². The van der Waals surface area contributed by atoms with Gasteiger partial charge in [-0.05, 0) is 31.7 Å². The molecule has 1 fully saturated rings. The molecule has 1 aliphatic rings. The van der Waals surface area contributed by atoms with Gasteiger partial charge in [-0.3, -0.25) is 15.0 Å². The number of likely N-dealkylation sites (tertiary alicyclic amines) is 1. The van der Waals surface area contributed by atoms with Crippen LogP contribution in [0.3, 0.4) is 0 Å². The number of nitrogens with one attached hydrogen (secondary N) is 1. The number of rotatable bonds is 5. The van der Waals surface area contributed by atoms with Crippen LogP contribution < -0.4 is 11.1 Å². The van der Waals surface area contributed by atoms with E-state index in [0.717, 1.165) is 13.0 Å². The minimum absolute atomic E-state index is 0.234. The van der Waals surface area contributed by atoms with Crippen molar-refractivity contribution in [2.24, 2.45) is 5.73 Å². The van der Waals surface area contributed by atoms with Gasteiger partial charge in [-0.1, -0.05) is 6.07 Å². The molecule has 0 saturated carbocycles. The maximum Gasteiger partial charge on any atom is 0.239 e. The van der Waals surface area contributed by atoms with Crippen LogP contribution in [0.5, 0.6) is 0 Å². The van der Waals surface area contributed by atoms with Crippen molar-refractivity contribution < 1.29 is 4.79 Å². The number of nitrogens with zero attached hydrogens (tertiary/aromatic N) is 1. The van der Waals surface area contributed by atoms with E-state index in [4.69, 9.17) is 5.73 Å². The Morgan fingerprint density at radius 2 is 2.44 bits per heavy atom. The summed E-state index contributed by atoms with van der Waals surface area (Å²) in [5.74, 6) is -0.234. The molecule has 2 rings (SSSR count). The lowest BCUT2D eigenvalue weighted by atomic mass is 9.97. The number of carbonyl (C=O) groups excluding carboxylic acids is 1. The first-order chi connectivity index (χ1) is 8.53. The van der Waals surface area contributed by atoms with Gasteiger partial charge < -0.3 is 5.73 Å². The van der Waals surface area contributed by atoms with E-state index in [1.54, 1.807) is 11.3 Å². The molecule has 0 bridgehead atoms. The molecule has 4 nitrogen and oxygen atoms in total. The lowest BCUT2D eigenvalue weighted by Crippen LogP contribution is -2.57. The van der Waals surface area contributed by atoms with E-state index in [2.05, 4.69) is 30.1 Å². The van der Waals surface area contributed by atoms with E-state index in [1.165, 1.54) is 4.88 Å². The normalized spacial score (nSPS) is 24.8. The summed E-state index contributed by atoms with van der Waals surface area (Å²) < 4.78 is 0. The fraction of sp³-hybridized carbons (Fsp3) is 0.615. The van der Waals surface area contributed by atoms with Gasteiger partial charge in [0.25, 0.3) is 0 Å². The first-order valence-electron chi connectivity index (χ1n) is 6.35. The van der Waals surface area contributed by atoms with Crippen molar-refractivity contribution in [2.75, 3.05) is 13.1 Å². The molecule has 1 aromatic rings. The molecule has 1 aliphatic heterocycles. The fourth-order valence-corrected chi connectivity index (χ4v) is 3.03. The van der Waals surface area contributed by atoms with Gasteiger partial charge in [0.2, 0.25) is 5.91 Å². The van der Waals surface area contributed by atoms with Crippen LogP contribution in [0.1, 0.15) is 25.1 Å². The predicted octanol–water partition coefficient (Wildman–Crippen LogP) is 1.18. The summed E-state index contributed by atoms with van der Waals surface area (Å²) in [7, 11) is 0. The zero-order chi connectivity index (χ0) is 13.2. The van der Waals surface area contributed by atoms with Crippen LogP contribution in [-0.2, 0) is 11.3 Å². The number of carbonyl (C=O) groups is 1. The summed E-state index contributed by atoms with van der Waals surface area (Å²) in [6, 6.07) is 4.55. The Morgan fingerprint density at radius 1 is 1.67 bits per heavy atom. The highest BCUT2D eigenvalue weighted by Crippen LogP contribution is 2.24. The standard InChI is InChI=1S/C13H21N3OS/c1-10(2)16-6-5-13(9-16,12(14)17)15-8-11-4-3-7-18-11/h3-4,7,10,15H,5-6,8-9H2,1-2H3,(H2,14,17). The minimum Gasteiger partial charge on any atom is -0.368 e. The van der Waals surface area contributed by atoms with Crippen LogP contribution in [0.25, 0.3) is 0 Å². The topological polar surface area (TPSA) is 58.4 Å². The largest absolute Gasteiger partial charge is 0.368 e. The Balaban J connectivity index is 2.02. The molecule has 1 amide bonds. The highest BCUT2D eigenvalue weighted by molar-refractivity contribution is 7.09. The monoisotopic (exact) mass is 267 g/mol. The molecule has 2 heterocycles.